The van der Waals surface area contributed by atoms with Gasteiger partial charge in [-0.2, -0.15) is 4.31 Å². The van der Waals surface area contributed by atoms with E-state index in [1.54, 1.807) is 13.0 Å². The first-order valence-corrected chi connectivity index (χ1v) is 10.5. The topological polar surface area (TPSA) is 95.8 Å². The van der Waals surface area contributed by atoms with Gasteiger partial charge in [0.15, 0.2) is 5.82 Å². The van der Waals surface area contributed by atoms with Crippen LogP contribution in [0.3, 0.4) is 0 Å². The van der Waals surface area contributed by atoms with E-state index in [-0.39, 0.29) is 18.2 Å². The summed E-state index contributed by atoms with van der Waals surface area (Å²) in [7, 11) is -3.30. The van der Waals surface area contributed by atoms with E-state index in [2.05, 4.69) is 10.5 Å². The molecular weight excluding hydrogens is 368 g/mol. The SMILES string of the molecule is Cc1cc(NC(=O)CN2CCN(S(=O)(=O)CCc3ccccc3)CC2)no1. The fourth-order valence-electron chi connectivity index (χ4n) is 3.00. The third-order valence-electron chi connectivity index (χ3n) is 4.48. The number of carbonyl (C=O) groups excluding carboxylic acids is 1. The smallest absolute Gasteiger partial charge is 0.239 e. The number of aryl methyl sites for hydroxylation is 2. The summed E-state index contributed by atoms with van der Waals surface area (Å²) in [6, 6.07) is 11.2. The van der Waals surface area contributed by atoms with E-state index in [1.165, 1.54) is 4.31 Å². The Labute approximate surface area is 159 Å². The molecule has 0 radical (unpaired) electrons. The number of benzene rings is 1. The number of hydrogen-bond acceptors (Lipinski definition) is 6. The van der Waals surface area contributed by atoms with Crippen LogP contribution in [0, 0.1) is 6.92 Å². The lowest BCUT2D eigenvalue weighted by Gasteiger charge is -2.33. The van der Waals surface area contributed by atoms with Gasteiger partial charge in [-0.1, -0.05) is 35.5 Å². The summed E-state index contributed by atoms with van der Waals surface area (Å²) in [5.41, 5.74) is 1.01. The monoisotopic (exact) mass is 392 g/mol. The molecule has 2 heterocycles. The van der Waals surface area contributed by atoms with Gasteiger partial charge >= 0.3 is 0 Å². The number of nitrogens with one attached hydrogen (secondary N) is 1. The predicted octanol–water partition coefficient (Wildman–Crippen LogP) is 1.11. The standard InChI is InChI=1S/C18H24N4O4S/c1-15-13-17(20-26-15)19-18(23)14-21-8-10-22(11-9-21)27(24,25)12-7-16-5-3-2-4-6-16/h2-6,13H,7-12,14H2,1H3,(H,19,20,23). The van der Waals surface area contributed by atoms with Crippen LogP contribution in [0.4, 0.5) is 5.82 Å². The molecule has 0 aliphatic carbocycles. The van der Waals surface area contributed by atoms with Gasteiger partial charge in [0.05, 0.1) is 12.3 Å². The summed E-state index contributed by atoms with van der Waals surface area (Å²) in [6.45, 7) is 3.79. The molecule has 0 saturated carbocycles. The third kappa shape index (κ3) is 5.62. The summed E-state index contributed by atoms with van der Waals surface area (Å²) in [5.74, 6) is 0.922. The summed E-state index contributed by atoms with van der Waals surface area (Å²) in [5, 5.41) is 6.40. The van der Waals surface area contributed by atoms with Crippen LogP contribution in [0.2, 0.25) is 0 Å². The highest BCUT2D eigenvalue weighted by Gasteiger charge is 2.27. The molecule has 146 valence electrons. The second-order valence-electron chi connectivity index (χ2n) is 6.60. The maximum Gasteiger partial charge on any atom is 0.239 e. The molecule has 27 heavy (non-hydrogen) atoms. The molecule has 1 saturated heterocycles. The first kappa shape index (κ1) is 19.5. The highest BCUT2D eigenvalue weighted by atomic mass is 32.2. The van der Waals surface area contributed by atoms with Crippen LogP contribution in [0.15, 0.2) is 40.9 Å². The maximum absolute atomic E-state index is 12.5. The lowest BCUT2D eigenvalue weighted by atomic mass is 10.2. The molecule has 1 aliphatic heterocycles. The van der Waals surface area contributed by atoms with Crippen molar-refractivity contribution in [3.05, 3.63) is 47.7 Å². The van der Waals surface area contributed by atoms with E-state index < -0.39 is 10.0 Å². The van der Waals surface area contributed by atoms with Gasteiger partial charge in [-0.25, -0.2) is 8.42 Å². The molecule has 0 bridgehead atoms. The number of carbonyl (C=O) groups is 1. The van der Waals surface area contributed by atoms with Crippen LogP contribution in [-0.4, -0.2) is 67.2 Å². The van der Waals surface area contributed by atoms with Crippen molar-refractivity contribution in [2.45, 2.75) is 13.3 Å². The Morgan fingerprint density at radius 3 is 2.52 bits per heavy atom. The fraction of sp³-hybridized carbons (Fsp3) is 0.444. The molecule has 2 aromatic rings. The van der Waals surface area contributed by atoms with E-state index in [4.69, 9.17) is 4.52 Å². The summed E-state index contributed by atoms with van der Waals surface area (Å²) in [6.07, 6.45) is 0.503. The maximum atomic E-state index is 12.5. The minimum absolute atomic E-state index is 0.100. The molecule has 1 fully saturated rings. The van der Waals surface area contributed by atoms with Gasteiger partial charge in [-0.3, -0.25) is 9.69 Å². The van der Waals surface area contributed by atoms with Crippen molar-refractivity contribution in [3.8, 4) is 0 Å². The highest BCUT2D eigenvalue weighted by Crippen LogP contribution is 2.11. The van der Waals surface area contributed by atoms with Crippen LogP contribution in [-0.2, 0) is 21.2 Å². The van der Waals surface area contributed by atoms with Gasteiger partial charge in [0.1, 0.15) is 5.76 Å². The second kappa shape index (κ2) is 8.64. The van der Waals surface area contributed by atoms with Crippen LogP contribution in [0.25, 0.3) is 0 Å². The van der Waals surface area contributed by atoms with E-state index in [9.17, 15) is 13.2 Å². The van der Waals surface area contributed by atoms with Crippen LogP contribution >= 0.6 is 0 Å². The van der Waals surface area contributed by atoms with Crippen molar-refractivity contribution in [1.82, 2.24) is 14.4 Å². The zero-order valence-corrected chi connectivity index (χ0v) is 16.1. The lowest BCUT2D eigenvalue weighted by molar-refractivity contribution is -0.117. The summed E-state index contributed by atoms with van der Waals surface area (Å²) in [4.78, 5) is 14.0. The number of amides is 1. The molecule has 3 rings (SSSR count). The number of sulfonamides is 1. The van der Waals surface area contributed by atoms with E-state index in [1.807, 2.05) is 35.2 Å². The molecule has 1 amide bonds. The second-order valence-corrected chi connectivity index (χ2v) is 8.69. The van der Waals surface area contributed by atoms with E-state index in [0.717, 1.165) is 5.56 Å². The lowest BCUT2D eigenvalue weighted by Crippen LogP contribution is -2.51. The van der Waals surface area contributed by atoms with E-state index in [0.29, 0.717) is 44.2 Å². The minimum Gasteiger partial charge on any atom is -0.360 e. The number of hydrogen-bond donors (Lipinski definition) is 1. The zero-order chi connectivity index (χ0) is 19.3. The quantitative estimate of drug-likeness (QED) is 0.758. The predicted molar refractivity (Wildman–Crippen MR) is 102 cm³/mol. The van der Waals surface area contributed by atoms with Crippen molar-refractivity contribution < 1.29 is 17.7 Å². The van der Waals surface area contributed by atoms with Gasteiger partial charge in [0, 0.05) is 32.2 Å². The van der Waals surface area contributed by atoms with Gasteiger partial charge in [0.25, 0.3) is 0 Å². The Morgan fingerprint density at radius 2 is 1.89 bits per heavy atom. The average molecular weight is 392 g/mol. The average Bonchev–Trinajstić information content (AvgIpc) is 3.06. The first-order chi connectivity index (χ1) is 12.9. The van der Waals surface area contributed by atoms with Crippen molar-refractivity contribution in [2.24, 2.45) is 0 Å². The Kier molecular flexibility index (Phi) is 6.25. The van der Waals surface area contributed by atoms with Gasteiger partial charge < -0.3 is 9.84 Å². The summed E-state index contributed by atoms with van der Waals surface area (Å²) < 4.78 is 31.5. The Hall–Kier alpha value is -2.23. The Balaban J connectivity index is 1.44. The van der Waals surface area contributed by atoms with Crippen LogP contribution in [0.1, 0.15) is 11.3 Å². The largest absolute Gasteiger partial charge is 0.360 e. The number of rotatable bonds is 7. The molecule has 9 heteroatoms. The van der Waals surface area contributed by atoms with Crippen molar-refractivity contribution in [3.63, 3.8) is 0 Å². The minimum atomic E-state index is -3.30. The summed E-state index contributed by atoms with van der Waals surface area (Å²) >= 11 is 0. The molecular formula is C18H24N4O4S. The van der Waals surface area contributed by atoms with Gasteiger partial charge in [-0.15, -0.1) is 0 Å². The van der Waals surface area contributed by atoms with Crippen LogP contribution < -0.4 is 5.32 Å². The Morgan fingerprint density at radius 1 is 1.19 bits per heavy atom. The number of anilines is 1. The van der Waals surface area contributed by atoms with Crippen molar-refractivity contribution >= 4 is 21.7 Å². The molecule has 1 aliphatic rings. The zero-order valence-electron chi connectivity index (χ0n) is 15.3. The molecule has 0 unspecified atom stereocenters. The molecule has 0 atom stereocenters. The Bertz CT molecular complexity index is 858. The number of aromatic nitrogens is 1. The van der Waals surface area contributed by atoms with E-state index >= 15 is 0 Å². The van der Waals surface area contributed by atoms with Crippen LogP contribution in [0.5, 0.6) is 0 Å². The molecule has 1 aromatic heterocycles. The highest BCUT2D eigenvalue weighted by molar-refractivity contribution is 7.89. The normalized spacial score (nSPS) is 16.3. The number of nitrogens with zero attached hydrogens (tertiary/aromatic N) is 3. The molecule has 0 spiro atoms. The van der Waals surface area contributed by atoms with Gasteiger partial charge in [-0.05, 0) is 18.9 Å². The molecule has 8 nitrogen and oxygen atoms in total. The fourth-order valence-corrected chi connectivity index (χ4v) is 4.47. The van der Waals surface area contributed by atoms with Crippen molar-refractivity contribution in [1.29, 1.82) is 0 Å². The first-order valence-electron chi connectivity index (χ1n) is 8.90. The third-order valence-corrected chi connectivity index (χ3v) is 6.35. The number of piperazine rings is 1. The molecule has 1 aromatic carbocycles. The van der Waals surface area contributed by atoms with Crippen molar-refractivity contribution in [2.75, 3.05) is 43.8 Å². The van der Waals surface area contributed by atoms with Gasteiger partial charge in [0.2, 0.25) is 15.9 Å². The molecule has 1 N–H and O–H groups in total.